The minimum Gasteiger partial charge on any atom is -0.457 e. The highest BCUT2D eigenvalue weighted by atomic mass is 32.2. The molecule has 8 nitrogen and oxygen atoms in total. The fourth-order valence-corrected chi connectivity index (χ4v) is 5.22. The maximum atomic E-state index is 12.9. The summed E-state index contributed by atoms with van der Waals surface area (Å²) in [6.45, 7) is 4.01. The Morgan fingerprint density at radius 1 is 0.973 bits per heavy atom. The van der Waals surface area contributed by atoms with Crippen LogP contribution >= 0.6 is 11.8 Å². The second-order valence-electron chi connectivity index (χ2n) is 8.39. The lowest BCUT2D eigenvalue weighted by Crippen LogP contribution is -2.20. The molecule has 3 aromatic carbocycles. The fourth-order valence-electron chi connectivity index (χ4n) is 3.35. The van der Waals surface area contributed by atoms with Gasteiger partial charge in [-0.1, -0.05) is 55.9 Å². The third-order valence-corrected chi connectivity index (χ3v) is 8.00. The van der Waals surface area contributed by atoms with Crippen LogP contribution < -0.4 is 15.6 Å². The number of ether oxygens (including phenoxy) is 1. The van der Waals surface area contributed by atoms with Crippen molar-refractivity contribution in [3.8, 4) is 11.5 Å². The van der Waals surface area contributed by atoms with Crippen molar-refractivity contribution < 1.29 is 17.9 Å². The van der Waals surface area contributed by atoms with E-state index in [4.69, 9.17) is 4.74 Å². The predicted octanol–water partition coefficient (Wildman–Crippen LogP) is 5.25. The molecule has 0 aliphatic carbocycles. The number of rotatable bonds is 9. The molecule has 2 N–H and O–H groups in total. The van der Waals surface area contributed by atoms with Crippen LogP contribution in [-0.4, -0.2) is 30.0 Å². The summed E-state index contributed by atoms with van der Waals surface area (Å²) in [4.78, 5) is 30.9. The minimum atomic E-state index is -4.03. The van der Waals surface area contributed by atoms with E-state index < -0.39 is 20.3 Å². The summed E-state index contributed by atoms with van der Waals surface area (Å²) < 4.78 is 31.5. The number of sulfone groups is 1. The fraction of sp³-hybridized carbons (Fsp3) is 0.148. The topological polar surface area (TPSA) is 118 Å². The van der Waals surface area contributed by atoms with Crippen molar-refractivity contribution in [2.75, 3.05) is 11.1 Å². The summed E-state index contributed by atoms with van der Waals surface area (Å²) in [5.74, 6) is 1.24. The zero-order valence-electron chi connectivity index (χ0n) is 20.2. The van der Waals surface area contributed by atoms with E-state index in [1.165, 1.54) is 12.1 Å². The summed E-state index contributed by atoms with van der Waals surface area (Å²) in [7, 11) is -4.03. The van der Waals surface area contributed by atoms with Crippen LogP contribution in [0.25, 0.3) is 0 Å². The van der Waals surface area contributed by atoms with Gasteiger partial charge in [0.15, 0.2) is 10.1 Å². The van der Waals surface area contributed by atoms with Crippen molar-refractivity contribution in [2.24, 2.45) is 0 Å². The average molecular weight is 536 g/mol. The molecule has 4 aromatic rings. The van der Waals surface area contributed by atoms with Gasteiger partial charge in [-0.15, -0.1) is 0 Å². The Hall–Kier alpha value is -3.89. The number of aromatic nitrogens is 2. The van der Waals surface area contributed by atoms with Crippen molar-refractivity contribution in [1.29, 1.82) is 0 Å². The number of nitrogens with one attached hydrogen (secondary N) is 2. The molecule has 0 aliphatic rings. The molecule has 0 radical (unpaired) electrons. The van der Waals surface area contributed by atoms with Crippen LogP contribution in [0.15, 0.2) is 105 Å². The lowest BCUT2D eigenvalue weighted by atomic mass is 10.0. The summed E-state index contributed by atoms with van der Waals surface area (Å²) in [6.07, 6.45) is 1.02. The van der Waals surface area contributed by atoms with Crippen LogP contribution in [0.5, 0.6) is 11.5 Å². The van der Waals surface area contributed by atoms with Gasteiger partial charge in [0.25, 0.3) is 5.56 Å². The van der Waals surface area contributed by atoms with Crippen LogP contribution in [0, 0.1) is 0 Å². The third kappa shape index (κ3) is 6.66. The summed E-state index contributed by atoms with van der Waals surface area (Å²) in [5, 5.41) is 2.90. The van der Waals surface area contributed by atoms with Crippen LogP contribution in [0.4, 0.5) is 5.69 Å². The third-order valence-electron chi connectivity index (χ3n) is 5.35. The summed E-state index contributed by atoms with van der Waals surface area (Å²) in [6, 6.07) is 22.7. The van der Waals surface area contributed by atoms with Crippen molar-refractivity contribution in [2.45, 2.75) is 34.7 Å². The number of hydrogen-bond acceptors (Lipinski definition) is 7. The van der Waals surface area contributed by atoms with Gasteiger partial charge >= 0.3 is 0 Å². The maximum absolute atomic E-state index is 12.9. The summed E-state index contributed by atoms with van der Waals surface area (Å²) >= 11 is 0.989. The Kier molecular flexibility index (Phi) is 8.10. The maximum Gasteiger partial charge on any atom is 0.270 e. The van der Waals surface area contributed by atoms with Crippen LogP contribution in [0.1, 0.15) is 25.3 Å². The molecule has 0 unspecified atom stereocenters. The number of carbonyl (C=O) groups excluding carboxylic acids is 1. The standard InChI is InChI=1S/C27H25N3O5S2/c1-18(2)19-8-14-23(15-9-19)37(33,34)24-16-28-27(30-26(24)32)36-17-25(31)29-20-10-12-22(13-11-20)35-21-6-4-3-5-7-21/h3-16,18H,17H2,1-2H3,(H,29,31)(H,28,30,32). The average Bonchev–Trinajstić information content (AvgIpc) is 2.89. The van der Waals surface area contributed by atoms with Gasteiger partial charge in [-0.25, -0.2) is 13.4 Å². The number of benzene rings is 3. The van der Waals surface area contributed by atoms with Crippen LogP contribution in [0.3, 0.4) is 0 Å². The highest BCUT2D eigenvalue weighted by Gasteiger charge is 2.22. The first-order chi connectivity index (χ1) is 17.7. The number of thioether (sulfide) groups is 1. The minimum absolute atomic E-state index is 0.0177. The first-order valence-corrected chi connectivity index (χ1v) is 13.9. The molecule has 0 bridgehead atoms. The van der Waals surface area contributed by atoms with Gasteiger partial charge < -0.3 is 15.0 Å². The van der Waals surface area contributed by atoms with Gasteiger partial charge in [-0.05, 0) is 60.0 Å². The monoisotopic (exact) mass is 535 g/mol. The molecule has 10 heteroatoms. The Morgan fingerprint density at radius 2 is 1.62 bits per heavy atom. The van der Waals surface area contributed by atoms with Crippen molar-refractivity contribution in [3.05, 3.63) is 101 Å². The van der Waals surface area contributed by atoms with Crippen molar-refractivity contribution in [1.82, 2.24) is 9.97 Å². The molecule has 0 spiro atoms. The van der Waals surface area contributed by atoms with Crippen LogP contribution in [-0.2, 0) is 14.6 Å². The molecule has 0 fully saturated rings. The van der Waals surface area contributed by atoms with E-state index in [-0.39, 0.29) is 27.6 Å². The number of anilines is 1. The molecule has 0 aliphatic heterocycles. The highest BCUT2D eigenvalue weighted by molar-refractivity contribution is 7.99. The first-order valence-electron chi connectivity index (χ1n) is 11.4. The molecule has 190 valence electrons. The Balaban J connectivity index is 1.35. The molecule has 1 heterocycles. The number of carbonyl (C=O) groups is 1. The van der Waals surface area contributed by atoms with E-state index >= 15 is 0 Å². The highest BCUT2D eigenvalue weighted by Crippen LogP contribution is 2.24. The molecule has 0 saturated heterocycles. The number of hydrogen-bond donors (Lipinski definition) is 2. The first kappa shape index (κ1) is 26.2. The molecule has 0 saturated carbocycles. The van der Waals surface area contributed by atoms with E-state index in [0.29, 0.717) is 17.2 Å². The Bertz CT molecular complexity index is 1530. The molecular formula is C27H25N3O5S2. The number of nitrogens with zero attached hydrogens (tertiary/aromatic N) is 1. The second kappa shape index (κ2) is 11.4. The normalized spacial score (nSPS) is 11.3. The molecular weight excluding hydrogens is 510 g/mol. The molecule has 37 heavy (non-hydrogen) atoms. The molecule has 4 rings (SSSR count). The lowest BCUT2D eigenvalue weighted by Gasteiger charge is -2.09. The number of H-pyrrole nitrogens is 1. The van der Waals surface area contributed by atoms with Gasteiger partial charge in [0.05, 0.1) is 16.8 Å². The van der Waals surface area contributed by atoms with Crippen LogP contribution in [0.2, 0.25) is 0 Å². The van der Waals surface area contributed by atoms with E-state index in [2.05, 4.69) is 15.3 Å². The molecule has 1 aromatic heterocycles. The van der Waals surface area contributed by atoms with E-state index in [1.807, 2.05) is 44.2 Å². The zero-order chi connectivity index (χ0) is 26.4. The van der Waals surface area contributed by atoms with Gasteiger partial charge in [-0.2, -0.15) is 0 Å². The zero-order valence-corrected chi connectivity index (χ0v) is 21.8. The second-order valence-corrected chi connectivity index (χ2v) is 11.3. The van der Waals surface area contributed by atoms with E-state index in [9.17, 15) is 18.0 Å². The van der Waals surface area contributed by atoms with E-state index in [1.54, 1.807) is 36.4 Å². The summed E-state index contributed by atoms with van der Waals surface area (Å²) in [5.41, 5.74) is 0.782. The Labute approximate surface area is 219 Å². The van der Waals surface area contributed by atoms with E-state index in [0.717, 1.165) is 23.5 Å². The van der Waals surface area contributed by atoms with Gasteiger partial charge in [0.2, 0.25) is 15.7 Å². The largest absolute Gasteiger partial charge is 0.457 e. The number of para-hydroxylation sites is 1. The smallest absolute Gasteiger partial charge is 0.270 e. The predicted molar refractivity (Wildman–Crippen MR) is 143 cm³/mol. The van der Waals surface area contributed by atoms with Gasteiger partial charge in [-0.3, -0.25) is 9.59 Å². The number of aromatic amines is 1. The van der Waals surface area contributed by atoms with Gasteiger partial charge in [0.1, 0.15) is 11.5 Å². The molecule has 0 atom stereocenters. The quantitative estimate of drug-likeness (QED) is 0.222. The molecule has 1 amide bonds. The SMILES string of the molecule is CC(C)c1ccc(S(=O)(=O)c2cnc(SCC(=O)Nc3ccc(Oc4ccccc4)cc3)[nH]c2=O)cc1. The van der Waals surface area contributed by atoms with Gasteiger partial charge in [0, 0.05) is 5.69 Å². The van der Waals surface area contributed by atoms with Crippen molar-refractivity contribution in [3.63, 3.8) is 0 Å². The lowest BCUT2D eigenvalue weighted by molar-refractivity contribution is -0.113. The van der Waals surface area contributed by atoms with Crippen molar-refractivity contribution >= 4 is 33.2 Å². The number of amides is 1. The Morgan fingerprint density at radius 3 is 2.24 bits per heavy atom.